The van der Waals surface area contributed by atoms with E-state index in [0.29, 0.717) is 6.04 Å². The number of rotatable bonds is 5. The highest BCUT2D eigenvalue weighted by molar-refractivity contribution is 5.75. The second-order valence-corrected chi connectivity index (χ2v) is 5.89. The first-order chi connectivity index (χ1) is 8.58. The Hall–Kier alpha value is -0.570. The van der Waals surface area contributed by atoms with Gasteiger partial charge in [0.2, 0.25) is 0 Å². The van der Waals surface area contributed by atoms with Crippen LogP contribution in [-0.2, 0) is 9.53 Å². The molecule has 1 aliphatic rings. The zero-order chi connectivity index (χ0) is 13.5. The maximum atomic E-state index is 11.7. The second-order valence-electron chi connectivity index (χ2n) is 5.89. The third-order valence-electron chi connectivity index (χ3n) is 4.20. The lowest BCUT2D eigenvalue weighted by molar-refractivity contribution is -0.144. The Morgan fingerprint density at radius 1 is 1.28 bits per heavy atom. The fourth-order valence-corrected chi connectivity index (χ4v) is 2.87. The van der Waals surface area contributed by atoms with Crippen LogP contribution in [0.2, 0.25) is 0 Å². The van der Waals surface area contributed by atoms with E-state index in [1.165, 1.54) is 45.6 Å². The van der Waals surface area contributed by atoms with E-state index in [4.69, 9.17) is 4.74 Å². The molecular formula is C15H29NO2. The van der Waals surface area contributed by atoms with Crippen LogP contribution in [0.25, 0.3) is 0 Å². The largest absolute Gasteiger partial charge is 0.468 e. The van der Waals surface area contributed by atoms with E-state index >= 15 is 0 Å². The summed E-state index contributed by atoms with van der Waals surface area (Å²) in [6.45, 7) is 6.42. The minimum atomic E-state index is -0.154. The van der Waals surface area contributed by atoms with Gasteiger partial charge >= 0.3 is 5.97 Å². The van der Waals surface area contributed by atoms with Crippen molar-refractivity contribution in [3.05, 3.63) is 0 Å². The quantitative estimate of drug-likeness (QED) is 0.606. The molecular weight excluding hydrogens is 226 g/mol. The molecule has 1 saturated carbocycles. The molecule has 1 N–H and O–H groups in total. The monoisotopic (exact) mass is 255 g/mol. The van der Waals surface area contributed by atoms with Gasteiger partial charge in [0.15, 0.2) is 0 Å². The van der Waals surface area contributed by atoms with E-state index in [0.717, 1.165) is 5.92 Å². The van der Waals surface area contributed by atoms with Crippen LogP contribution in [0.5, 0.6) is 0 Å². The predicted molar refractivity (Wildman–Crippen MR) is 74.4 cm³/mol. The van der Waals surface area contributed by atoms with Crippen LogP contribution in [0, 0.1) is 11.8 Å². The summed E-state index contributed by atoms with van der Waals surface area (Å²) in [5, 5.41) is 3.52. The van der Waals surface area contributed by atoms with Crippen LogP contribution in [0.3, 0.4) is 0 Å². The van der Waals surface area contributed by atoms with Gasteiger partial charge in [-0.15, -0.1) is 0 Å². The van der Waals surface area contributed by atoms with E-state index in [1.807, 2.05) is 0 Å². The molecule has 1 aliphatic carbocycles. The van der Waals surface area contributed by atoms with Crippen molar-refractivity contribution >= 4 is 5.97 Å². The fourth-order valence-electron chi connectivity index (χ4n) is 2.87. The van der Waals surface area contributed by atoms with Gasteiger partial charge in [0, 0.05) is 6.04 Å². The van der Waals surface area contributed by atoms with Crippen molar-refractivity contribution in [3.8, 4) is 0 Å². The topological polar surface area (TPSA) is 38.3 Å². The predicted octanol–water partition coefficient (Wildman–Crippen LogP) is 3.13. The summed E-state index contributed by atoms with van der Waals surface area (Å²) >= 11 is 0. The van der Waals surface area contributed by atoms with Gasteiger partial charge in [-0.1, -0.05) is 40.0 Å². The molecule has 18 heavy (non-hydrogen) atoms. The van der Waals surface area contributed by atoms with Crippen LogP contribution < -0.4 is 5.32 Å². The number of esters is 1. The Bertz CT molecular complexity index is 253. The molecule has 3 heteroatoms. The van der Waals surface area contributed by atoms with E-state index in [2.05, 4.69) is 26.1 Å². The van der Waals surface area contributed by atoms with Gasteiger partial charge in [0.05, 0.1) is 7.11 Å². The molecule has 1 rings (SSSR count). The summed E-state index contributed by atoms with van der Waals surface area (Å²) in [6.07, 6.45) is 7.59. The minimum absolute atomic E-state index is 0.124. The maximum absolute atomic E-state index is 11.7. The van der Waals surface area contributed by atoms with E-state index < -0.39 is 0 Å². The first-order valence-corrected chi connectivity index (χ1v) is 7.42. The van der Waals surface area contributed by atoms with Crippen molar-refractivity contribution in [2.75, 3.05) is 7.11 Å². The number of hydrogen-bond donors (Lipinski definition) is 1. The van der Waals surface area contributed by atoms with Gasteiger partial charge in [-0.25, -0.2) is 0 Å². The molecule has 1 fully saturated rings. The zero-order valence-corrected chi connectivity index (χ0v) is 12.4. The van der Waals surface area contributed by atoms with E-state index in [9.17, 15) is 4.79 Å². The minimum Gasteiger partial charge on any atom is -0.468 e. The standard InChI is InChI=1S/C15H29NO2/c1-5-12-7-6-8-13(10-9-12)16-14(11(2)3)15(17)18-4/h11-14,16H,5-10H2,1-4H3. The number of carbonyl (C=O) groups is 1. The number of nitrogens with one attached hydrogen (secondary N) is 1. The molecule has 3 atom stereocenters. The molecule has 0 amide bonds. The molecule has 0 aromatic rings. The molecule has 0 bridgehead atoms. The highest BCUT2D eigenvalue weighted by Crippen LogP contribution is 2.26. The lowest BCUT2D eigenvalue weighted by Gasteiger charge is -2.25. The first-order valence-electron chi connectivity index (χ1n) is 7.42. The summed E-state index contributed by atoms with van der Waals surface area (Å²) in [5.74, 6) is 1.04. The molecule has 3 nitrogen and oxygen atoms in total. The second kappa shape index (κ2) is 7.78. The van der Waals surface area contributed by atoms with Crippen LogP contribution in [0.1, 0.15) is 59.3 Å². The lowest BCUT2D eigenvalue weighted by atomic mass is 9.97. The zero-order valence-electron chi connectivity index (χ0n) is 12.4. The fraction of sp³-hybridized carbons (Fsp3) is 0.933. The Morgan fingerprint density at radius 3 is 2.56 bits per heavy atom. The summed E-state index contributed by atoms with van der Waals surface area (Å²) in [6, 6.07) is 0.325. The molecule has 0 spiro atoms. The molecule has 0 aromatic carbocycles. The number of ether oxygens (including phenoxy) is 1. The number of carbonyl (C=O) groups excluding carboxylic acids is 1. The van der Waals surface area contributed by atoms with Crippen LogP contribution in [-0.4, -0.2) is 25.2 Å². The van der Waals surface area contributed by atoms with Gasteiger partial charge in [-0.2, -0.15) is 0 Å². The summed E-state index contributed by atoms with van der Waals surface area (Å²) in [4.78, 5) is 11.7. The van der Waals surface area contributed by atoms with Crippen molar-refractivity contribution in [1.82, 2.24) is 5.32 Å². The number of hydrogen-bond acceptors (Lipinski definition) is 3. The average Bonchev–Trinajstić information content (AvgIpc) is 2.59. The smallest absolute Gasteiger partial charge is 0.323 e. The first kappa shape index (κ1) is 15.5. The normalized spacial score (nSPS) is 26.7. The van der Waals surface area contributed by atoms with Gasteiger partial charge in [0.25, 0.3) is 0 Å². The number of methoxy groups -OCH3 is 1. The third-order valence-corrected chi connectivity index (χ3v) is 4.20. The van der Waals surface area contributed by atoms with E-state index in [1.54, 1.807) is 0 Å². The molecule has 0 aliphatic heterocycles. The SMILES string of the molecule is CCC1CCCC(NC(C(=O)OC)C(C)C)CC1. The van der Waals surface area contributed by atoms with Crippen molar-refractivity contribution in [1.29, 1.82) is 0 Å². The van der Waals surface area contributed by atoms with E-state index in [-0.39, 0.29) is 17.9 Å². The highest BCUT2D eigenvalue weighted by atomic mass is 16.5. The molecule has 0 saturated heterocycles. The van der Waals surface area contributed by atoms with Crippen LogP contribution in [0.4, 0.5) is 0 Å². The summed E-state index contributed by atoms with van der Waals surface area (Å²) < 4.78 is 4.89. The van der Waals surface area contributed by atoms with Gasteiger partial charge < -0.3 is 10.1 Å². The maximum Gasteiger partial charge on any atom is 0.323 e. The summed E-state index contributed by atoms with van der Waals surface area (Å²) in [5.41, 5.74) is 0. The molecule has 0 aromatic heterocycles. The highest BCUT2D eigenvalue weighted by Gasteiger charge is 2.27. The molecule has 3 unspecified atom stereocenters. The van der Waals surface area contributed by atoms with Gasteiger partial charge in [0.1, 0.15) is 6.04 Å². The molecule has 0 radical (unpaired) electrons. The van der Waals surface area contributed by atoms with Gasteiger partial charge in [-0.05, 0) is 31.1 Å². The van der Waals surface area contributed by atoms with Crippen LogP contribution >= 0.6 is 0 Å². The van der Waals surface area contributed by atoms with Gasteiger partial charge in [-0.3, -0.25) is 4.79 Å². The molecule has 106 valence electrons. The third kappa shape index (κ3) is 4.60. The Balaban J connectivity index is 2.51. The van der Waals surface area contributed by atoms with Crippen molar-refractivity contribution < 1.29 is 9.53 Å². The van der Waals surface area contributed by atoms with Crippen molar-refractivity contribution in [2.45, 2.75) is 71.4 Å². The van der Waals surface area contributed by atoms with Crippen molar-refractivity contribution in [2.24, 2.45) is 11.8 Å². The Morgan fingerprint density at radius 2 is 2.00 bits per heavy atom. The average molecular weight is 255 g/mol. The summed E-state index contributed by atoms with van der Waals surface area (Å²) in [7, 11) is 1.47. The lowest BCUT2D eigenvalue weighted by Crippen LogP contribution is -2.47. The Labute approximate surface area is 112 Å². The van der Waals surface area contributed by atoms with Crippen molar-refractivity contribution in [3.63, 3.8) is 0 Å². The Kier molecular flexibility index (Phi) is 6.69. The molecule has 0 heterocycles. The van der Waals surface area contributed by atoms with Crippen LogP contribution in [0.15, 0.2) is 0 Å².